The summed E-state index contributed by atoms with van der Waals surface area (Å²) in [6.07, 6.45) is -4.70. The minimum atomic E-state index is -4.70. The molecule has 12 heteroatoms. The van der Waals surface area contributed by atoms with Crippen LogP contribution in [-0.4, -0.2) is 34.5 Å². The smallest absolute Gasteiger partial charge is 0.268 e. The number of alkyl halides is 3. The molecule has 0 atom stereocenters. The Morgan fingerprint density at radius 2 is 1.81 bits per heavy atom. The predicted molar refractivity (Wildman–Crippen MR) is 86.1 cm³/mol. The first-order chi connectivity index (χ1) is 12.0. The fourth-order valence-corrected chi connectivity index (χ4v) is 3.92. The summed E-state index contributed by atoms with van der Waals surface area (Å²) in [6.45, 7) is 4.82. The molecule has 2 aromatic heterocycles. The number of aromatic nitrogens is 4. The minimum absolute atomic E-state index is 0.0173. The van der Waals surface area contributed by atoms with E-state index in [1.54, 1.807) is 13.8 Å². The van der Waals surface area contributed by atoms with Crippen LogP contribution in [0.15, 0.2) is 21.8 Å². The van der Waals surface area contributed by atoms with Crippen LogP contribution in [0.1, 0.15) is 24.0 Å². The van der Waals surface area contributed by atoms with E-state index in [0.717, 1.165) is 6.07 Å². The first-order valence-electron chi connectivity index (χ1n) is 7.66. The maximum absolute atomic E-state index is 12.7. The van der Waals surface area contributed by atoms with Crippen molar-refractivity contribution in [2.45, 2.75) is 44.9 Å². The summed E-state index contributed by atoms with van der Waals surface area (Å²) in [6, 6.07) is 1.32. The molecule has 2 heterocycles. The number of hydrogen-bond donors (Lipinski definition) is 1. The monoisotopic (exact) mass is 393 g/mol. The topological polar surface area (TPSA) is 98.9 Å². The Balaban J connectivity index is 2.17. The van der Waals surface area contributed by atoms with Crippen LogP contribution in [0, 0.1) is 13.8 Å². The van der Waals surface area contributed by atoms with Crippen LogP contribution in [0.2, 0.25) is 0 Å². The molecule has 0 aromatic carbocycles. The van der Waals surface area contributed by atoms with Gasteiger partial charge in [0.2, 0.25) is 10.0 Å². The molecule has 2 rings (SSSR count). The lowest BCUT2D eigenvalue weighted by Crippen LogP contribution is -2.33. The molecule has 0 aliphatic heterocycles. The molecular formula is C14H18F3N5O3S. The van der Waals surface area contributed by atoms with Gasteiger partial charge in [0.05, 0.1) is 17.9 Å². The average Bonchev–Trinajstić information content (AvgIpc) is 2.82. The Morgan fingerprint density at radius 1 is 1.15 bits per heavy atom. The summed E-state index contributed by atoms with van der Waals surface area (Å²) in [4.78, 5) is 11.6. The fourth-order valence-electron chi connectivity index (χ4n) is 2.50. The Hall–Kier alpha value is -2.21. The number of nitrogens with zero attached hydrogens (tertiary/aromatic N) is 4. The zero-order valence-corrected chi connectivity index (χ0v) is 15.1. The van der Waals surface area contributed by atoms with Gasteiger partial charge in [0, 0.05) is 19.2 Å². The van der Waals surface area contributed by atoms with Crippen molar-refractivity contribution in [3.8, 4) is 0 Å². The molecule has 0 unspecified atom stereocenters. The van der Waals surface area contributed by atoms with Crippen molar-refractivity contribution in [2.24, 2.45) is 0 Å². The standard InChI is InChI=1S/C14H18F3N5O3S/c1-4-21-10(3)13(9(2)19-21)26(24,25)18-7-8-22-12(23)6-5-11(20-22)14(15,16)17/h5-6,18H,4,7-8H2,1-3H3. The predicted octanol–water partition coefficient (Wildman–Crippen LogP) is 1.07. The summed E-state index contributed by atoms with van der Waals surface area (Å²) in [7, 11) is -3.93. The summed E-state index contributed by atoms with van der Waals surface area (Å²) >= 11 is 0. The van der Waals surface area contributed by atoms with E-state index in [1.807, 2.05) is 6.92 Å². The van der Waals surface area contributed by atoms with Crippen LogP contribution in [-0.2, 0) is 29.3 Å². The van der Waals surface area contributed by atoms with Crippen LogP contribution in [0.25, 0.3) is 0 Å². The van der Waals surface area contributed by atoms with Gasteiger partial charge in [0.15, 0.2) is 5.69 Å². The molecule has 0 spiro atoms. The number of sulfonamides is 1. The summed E-state index contributed by atoms with van der Waals surface area (Å²) in [5, 5.41) is 7.34. The van der Waals surface area contributed by atoms with Gasteiger partial charge in [-0.05, 0) is 26.8 Å². The van der Waals surface area contributed by atoms with Crippen LogP contribution in [0.4, 0.5) is 13.2 Å². The number of rotatable bonds is 6. The van der Waals surface area contributed by atoms with Crippen molar-refractivity contribution in [1.29, 1.82) is 0 Å². The maximum Gasteiger partial charge on any atom is 0.435 e. The van der Waals surface area contributed by atoms with Gasteiger partial charge in [-0.2, -0.15) is 23.4 Å². The third-order valence-electron chi connectivity index (χ3n) is 3.66. The van der Waals surface area contributed by atoms with Gasteiger partial charge >= 0.3 is 6.18 Å². The molecule has 0 fully saturated rings. The normalized spacial score (nSPS) is 12.5. The van der Waals surface area contributed by atoms with Gasteiger partial charge in [0.25, 0.3) is 5.56 Å². The first kappa shape index (κ1) is 20.1. The minimum Gasteiger partial charge on any atom is -0.268 e. The maximum atomic E-state index is 12.7. The average molecular weight is 393 g/mol. The molecule has 0 aliphatic rings. The van der Waals surface area contributed by atoms with E-state index in [4.69, 9.17) is 0 Å². The van der Waals surface area contributed by atoms with Gasteiger partial charge in [-0.3, -0.25) is 9.48 Å². The van der Waals surface area contributed by atoms with Crippen molar-refractivity contribution in [1.82, 2.24) is 24.3 Å². The summed E-state index contributed by atoms with van der Waals surface area (Å²) in [5.74, 6) is 0. The van der Waals surface area contributed by atoms with E-state index in [1.165, 1.54) is 4.68 Å². The van der Waals surface area contributed by atoms with E-state index in [-0.39, 0.29) is 18.0 Å². The van der Waals surface area contributed by atoms with Crippen LogP contribution in [0.3, 0.4) is 0 Å². The lowest BCUT2D eigenvalue weighted by molar-refractivity contribution is -0.142. The van der Waals surface area contributed by atoms with Crippen LogP contribution in [0.5, 0.6) is 0 Å². The van der Waals surface area contributed by atoms with Gasteiger partial charge < -0.3 is 0 Å². The third kappa shape index (κ3) is 4.12. The molecule has 1 N–H and O–H groups in total. The van der Waals surface area contributed by atoms with Gasteiger partial charge in [-0.25, -0.2) is 17.8 Å². The van der Waals surface area contributed by atoms with Crippen molar-refractivity contribution in [2.75, 3.05) is 6.54 Å². The van der Waals surface area contributed by atoms with Gasteiger partial charge in [-0.1, -0.05) is 0 Å². The molecular weight excluding hydrogens is 375 g/mol. The SMILES string of the molecule is CCn1nc(C)c(S(=O)(=O)NCCn2nc(C(F)(F)F)ccc2=O)c1C. The number of halogens is 3. The molecule has 8 nitrogen and oxygen atoms in total. The molecule has 2 aromatic rings. The molecule has 0 radical (unpaired) electrons. The van der Waals surface area contributed by atoms with Crippen molar-refractivity contribution >= 4 is 10.0 Å². The highest BCUT2D eigenvalue weighted by molar-refractivity contribution is 7.89. The van der Waals surface area contributed by atoms with Crippen LogP contribution >= 0.6 is 0 Å². The Kier molecular flexibility index (Phi) is 5.56. The highest BCUT2D eigenvalue weighted by Crippen LogP contribution is 2.26. The van der Waals surface area contributed by atoms with Gasteiger partial charge in [0.1, 0.15) is 4.90 Å². The van der Waals surface area contributed by atoms with E-state index >= 15 is 0 Å². The van der Waals surface area contributed by atoms with Crippen molar-refractivity contribution < 1.29 is 21.6 Å². The number of aryl methyl sites for hydroxylation is 2. The largest absolute Gasteiger partial charge is 0.435 e. The molecule has 0 aliphatic carbocycles. The second kappa shape index (κ2) is 7.19. The van der Waals surface area contributed by atoms with E-state index in [2.05, 4.69) is 14.9 Å². The quantitative estimate of drug-likeness (QED) is 0.792. The molecule has 0 saturated carbocycles. The second-order valence-electron chi connectivity index (χ2n) is 5.49. The number of hydrogen-bond acceptors (Lipinski definition) is 5. The van der Waals surface area contributed by atoms with Gasteiger partial charge in [-0.15, -0.1) is 0 Å². The summed E-state index contributed by atoms with van der Waals surface area (Å²) < 4.78 is 67.2. The molecule has 0 saturated heterocycles. The molecule has 0 amide bonds. The number of nitrogens with one attached hydrogen (secondary N) is 1. The van der Waals surface area contributed by atoms with Crippen molar-refractivity contribution in [3.05, 3.63) is 39.6 Å². The fraction of sp³-hybridized carbons (Fsp3) is 0.500. The molecule has 0 bridgehead atoms. The lowest BCUT2D eigenvalue weighted by Gasteiger charge is -2.10. The second-order valence-corrected chi connectivity index (χ2v) is 7.19. The van der Waals surface area contributed by atoms with E-state index < -0.39 is 27.5 Å². The van der Waals surface area contributed by atoms with Crippen LogP contribution < -0.4 is 10.3 Å². The lowest BCUT2D eigenvalue weighted by atomic mass is 10.4. The Bertz CT molecular complexity index is 963. The third-order valence-corrected chi connectivity index (χ3v) is 5.37. The van der Waals surface area contributed by atoms with E-state index in [9.17, 15) is 26.4 Å². The highest BCUT2D eigenvalue weighted by atomic mass is 32.2. The zero-order chi connectivity index (χ0) is 19.7. The highest BCUT2D eigenvalue weighted by Gasteiger charge is 2.33. The Morgan fingerprint density at radius 3 is 2.35 bits per heavy atom. The molecule has 26 heavy (non-hydrogen) atoms. The summed E-state index contributed by atoms with van der Waals surface area (Å²) in [5.41, 5.74) is -1.22. The van der Waals surface area contributed by atoms with Crippen molar-refractivity contribution in [3.63, 3.8) is 0 Å². The first-order valence-corrected chi connectivity index (χ1v) is 9.14. The Labute approximate surface area is 147 Å². The van der Waals surface area contributed by atoms with E-state index in [0.29, 0.717) is 28.7 Å². The zero-order valence-electron chi connectivity index (χ0n) is 14.3. The molecule has 144 valence electrons.